The minimum absolute atomic E-state index is 0.138. The van der Waals surface area contributed by atoms with E-state index in [2.05, 4.69) is 10.1 Å². The Morgan fingerprint density at radius 1 is 1.67 bits per heavy atom. The lowest BCUT2D eigenvalue weighted by Crippen LogP contribution is -2.18. The highest BCUT2D eigenvalue weighted by molar-refractivity contribution is 5.93. The molecule has 0 bridgehead atoms. The highest BCUT2D eigenvalue weighted by Gasteiger charge is 2.09. The van der Waals surface area contributed by atoms with Crippen molar-refractivity contribution < 1.29 is 13.9 Å². The fourth-order valence-corrected chi connectivity index (χ4v) is 1.06. The molecule has 0 saturated carbocycles. The number of methoxy groups -OCH3 is 1. The first-order valence-corrected chi connectivity index (χ1v) is 4.16. The molecule has 4 nitrogen and oxygen atoms in total. The smallest absolute Gasteiger partial charge is 0.250 e. The van der Waals surface area contributed by atoms with Gasteiger partial charge in [0, 0.05) is 7.11 Å². The van der Waals surface area contributed by atoms with Crippen LogP contribution in [-0.2, 0) is 9.53 Å². The number of amides is 1. The number of ether oxygens (including phenoxy) is 1. The molecule has 0 aromatic heterocycles. The summed E-state index contributed by atoms with van der Waals surface area (Å²) in [5, 5.41) is 11.0. The van der Waals surface area contributed by atoms with Crippen molar-refractivity contribution in [2.45, 2.75) is 0 Å². The van der Waals surface area contributed by atoms with E-state index in [1.165, 1.54) is 19.2 Å². The molecule has 1 rings (SSSR count). The number of benzene rings is 1. The molecule has 0 unspecified atom stereocenters. The summed E-state index contributed by atoms with van der Waals surface area (Å²) in [5.41, 5.74) is -0.0264. The molecule has 5 heteroatoms. The van der Waals surface area contributed by atoms with E-state index >= 15 is 0 Å². The van der Waals surface area contributed by atoms with Gasteiger partial charge in [0.2, 0.25) is 5.91 Å². The largest absolute Gasteiger partial charge is 0.375 e. The summed E-state index contributed by atoms with van der Waals surface area (Å²) in [7, 11) is 1.37. The monoisotopic (exact) mass is 208 g/mol. The zero-order chi connectivity index (χ0) is 11.3. The van der Waals surface area contributed by atoms with Gasteiger partial charge in [-0.3, -0.25) is 4.79 Å². The number of anilines is 1. The van der Waals surface area contributed by atoms with E-state index < -0.39 is 11.7 Å². The molecule has 1 N–H and O–H groups in total. The van der Waals surface area contributed by atoms with Gasteiger partial charge < -0.3 is 10.1 Å². The maximum Gasteiger partial charge on any atom is 0.250 e. The number of carbonyl (C=O) groups excluding carboxylic acids is 1. The second kappa shape index (κ2) is 5.08. The van der Waals surface area contributed by atoms with Crippen molar-refractivity contribution in [3.63, 3.8) is 0 Å². The van der Waals surface area contributed by atoms with Crippen LogP contribution < -0.4 is 5.32 Å². The number of nitriles is 1. The van der Waals surface area contributed by atoms with Gasteiger partial charge in [0.1, 0.15) is 24.1 Å². The molecule has 0 atom stereocenters. The lowest BCUT2D eigenvalue weighted by Gasteiger charge is -2.06. The Kier molecular flexibility index (Phi) is 3.77. The van der Waals surface area contributed by atoms with Gasteiger partial charge in [0.25, 0.3) is 0 Å². The third-order valence-corrected chi connectivity index (χ3v) is 1.67. The summed E-state index contributed by atoms with van der Waals surface area (Å²) in [6.07, 6.45) is 0. The molecular weight excluding hydrogens is 199 g/mol. The van der Waals surface area contributed by atoms with E-state index in [4.69, 9.17) is 5.26 Å². The number of nitrogens with one attached hydrogen (secondary N) is 1. The molecule has 78 valence electrons. The third-order valence-electron chi connectivity index (χ3n) is 1.67. The maximum absolute atomic E-state index is 13.1. The number of rotatable bonds is 3. The molecule has 0 saturated heterocycles. The molecule has 0 heterocycles. The number of carbonyl (C=O) groups is 1. The van der Waals surface area contributed by atoms with Gasteiger partial charge in [-0.15, -0.1) is 0 Å². The van der Waals surface area contributed by atoms with Gasteiger partial charge >= 0.3 is 0 Å². The molecule has 1 aromatic rings. The summed E-state index contributed by atoms with van der Waals surface area (Å²) in [6, 6.07) is 5.71. The second-order valence-corrected chi connectivity index (χ2v) is 2.76. The molecule has 1 amide bonds. The normalized spacial score (nSPS) is 9.40. The highest BCUT2D eigenvalue weighted by atomic mass is 19.1. The zero-order valence-electron chi connectivity index (χ0n) is 8.08. The molecular formula is C10H9FN2O2. The van der Waals surface area contributed by atoms with Crippen LogP contribution in [0.5, 0.6) is 0 Å². The van der Waals surface area contributed by atoms with E-state index in [1.54, 1.807) is 6.07 Å². The van der Waals surface area contributed by atoms with Gasteiger partial charge in [-0.05, 0) is 12.1 Å². The quantitative estimate of drug-likeness (QED) is 0.813. The zero-order valence-corrected chi connectivity index (χ0v) is 8.08. The number of nitrogens with zero attached hydrogens (tertiary/aromatic N) is 1. The minimum atomic E-state index is -0.660. The predicted molar refractivity (Wildman–Crippen MR) is 51.6 cm³/mol. The van der Waals surface area contributed by atoms with Gasteiger partial charge in [-0.1, -0.05) is 6.07 Å². The molecule has 15 heavy (non-hydrogen) atoms. The SMILES string of the molecule is COCC(=O)Nc1cccc(F)c1C#N. The fourth-order valence-electron chi connectivity index (χ4n) is 1.06. The van der Waals surface area contributed by atoms with Crippen LogP contribution in [-0.4, -0.2) is 19.6 Å². The molecule has 0 aliphatic heterocycles. The number of hydrogen-bond acceptors (Lipinski definition) is 3. The molecule has 1 aromatic carbocycles. The van der Waals surface area contributed by atoms with Crippen LogP contribution in [0.25, 0.3) is 0 Å². The Labute approximate surface area is 86.3 Å². The van der Waals surface area contributed by atoms with Crippen molar-refractivity contribution in [3.8, 4) is 6.07 Å². The Balaban J connectivity index is 2.91. The van der Waals surface area contributed by atoms with Crippen molar-refractivity contribution in [1.82, 2.24) is 0 Å². The van der Waals surface area contributed by atoms with Crippen LogP contribution >= 0.6 is 0 Å². The first kappa shape index (κ1) is 11.1. The first-order valence-electron chi connectivity index (χ1n) is 4.16. The minimum Gasteiger partial charge on any atom is -0.375 e. The average molecular weight is 208 g/mol. The summed E-state index contributed by atoms with van der Waals surface area (Å²) in [5.74, 6) is -1.09. The summed E-state index contributed by atoms with van der Waals surface area (Å²) in [6.45, 7) is -0.138. The lowest BCUT2D eigenvalue weighted by atomic mass is 10.2. The van der Waals surface area contributed by atoms with E-state index in [9.17, 15) is 9.18 Å². The Hall–Kier alpha value is -1.93. The second-order valence-electron chi connectivity index (χ2n) is 2.76. The molecule has 0 radical (unpaired) electrons. The van der Waals surface area contributed by atoms with Crippen LogP contribution in [0.2, 0.25) is 0 Å². The highest BCUT2D eigenvalue weighted by Crippen LogP contribution is 2.17. The molecule has 0 aliphatic carbocycles. The average Bonchev–Trinajstić information content (AvgIpc) is 2.18. The standard InChI is InChI=1S/C10H9FN2O2/c1-15-6-10(14)13-9-4-2-3-8(11)7(9)5-12/h2-4H,6H2,1H3,(H,13,14). The Morgan fingerprint density at radius 3 is 3.00 bits per heavy atom. The fraction of sp³-hybridized carbons (Fsp3) is 0.200. The molecule has 0 spiro atoms. The van der Waals surface area contributed by atoms with Gasteiger partial charge in [-0.2, -0.15) is 5.26 Å². The summed E-state index contributed by atoms with van der Waals surface area (Å²) >= 11 is 0. The van der Waals surface area contributed by atoms with Crippen molar-refractivity contribution in [2.24, 2.45) is 0 Å². The molecule has 0 fully saturated rings. The van der Waals surface area contributed by atoms with Gasteiger partial charge in [0.05, 0.1) is 5.69 Å². The Morgan fingerprint density at radius 2 is 2.40 bits per heavy atom. The Bertz CT molecular complexity index is 412. The van der Waals surface area contributed by atoms with Gasteiger partial charge in [0.15, 0.2) is 0 Å². The van der Waals surface area contributed by atoms with Crippen LogP contribution in [0.3, 0.4) is 0 Å². The van der Waals surface area contributed by atoms with Gasteiger partial charge in [-0.25, -0.2) is 4.39 Å². The van der Waals surface area contributed by atoms with Crippen LogP contribution in [0.4, 0.5) is 10.1 Å². The van der Waals surface area contributed by atoms with Crippen molar-refractivity contribution >= 4 is 11.6 Å². The number of hydrogen-bond donors (Lipinski definition) is 1. The van der Waals surface area contributed by atoms with E-state index in [-0.39, 0.29) is 17.9 Å². The molecule has 0 aliphatic rings. The van der Waals surface area contributed by atoms with Crippen LogP contribution in [0.1, 0.15) is 5.56 Å². The van der Waals surface area contributed by atoms with Crippen LogP contribution in [0.15, 0.2) is 18.2 Å². The van der Waals surface area contributed by atoms with Crippen molar-refractivity contribution in [2.75, 3.05) is 19.0 Å². The van der Waals surface area contributed by atoms with Crippen molar-refractivity contribution in [3.05, 3.63) is 29.6 Å². The first-order chi connectivity index (χ1) is 7.19. The predicted octanol–water partition coefficient (Wildman–Crippen LogP) is 1.28. The van der Waals surface area contributed by atoms with E-state index in [0.717, 1.165) is 6.07 Å². The third kappa shape index (κ3) is 2.76. The van der Waals surface area contributed by atoms with Crippen molar-refractivity contribution in [1.29, 1.82) is 5.26 Å². The lowest BCUT2D eigenvalue weighted by molar-refractivity contribution is -0.119. The van der Waals surface area contributed by atoms with E-state index in [1.807, 2.05) is 0 Å². The topological polar surface area (TPSA) is 62.1 Å². The summed E-state index contributed by atoms with van der Waals surface area (Å²) < 4.78 is 17.7. The number of halogens is 1. The van der Waals surface area contributed by atoms with Crippen LogP contribution in [0, 0.1) is 17.1 Å². The van der Waals surface area contributed by atoms with E-state index in [0.29, 0.717) is 0 Å². The maximum atomic E-state index is 13.1. The summed E-state index contributed by atoms with van der Waals surface area (Å²) in [4.78, 5) is 11.1.